The average molecular weight is 251 g/mol. The number of halogens is 1. The summed E-state index contributed by atoms with van der Waals surface area (Å²) in [7, 11) is 0. The van der Waals surface area contributed by atoms with Crippen molar-refractivity contribution in [2.45, 2.75) is 13.8 Å². The van der Waals surface area contributed by atoms with E-state index in [1.165, 1.54) is 0 Å². The number of hydrogen-bond donors (Lipinski definition) is 0. The average Bonchev–Trinajstić information content (AvgIpc) is 2.30. The SMILES string of the molecule is CCOC(=O)c1nnc2ccc(C)cc2c1Cl. The van der Waals surface area contributed by atoms with Crippen LogP contribution in [0, 0.1) is 6.92 Å². The molecule has 0 N–H and O–H groups in total. The molecule has 0 saturated carbocycles. The minimum Gasteiger partial charge on any atom is -0.461 e. The Balaban J connectivity index is 2.60. The molecule has 0 fully saturated rings. The predicted molar refractivity (Wildman–Crippen MR) is 65.2 cm³/mol. The van der Waals surface area contributed by atoms with Crippen LogP contribution in [0.3, 0.4) is 0 Å². The van der Waals surface area contributed by atoms with Crippen LogP contribution >= 0.6 is 11.6 Å². The fourth-order valence-electron chi connectivity index (χ4n) is 1.52. The van der Waals surface area contributed by atoms with Gasteiger partial charge in [-0.3, -0.25) is 0 Å². The van der Waals surface area contributed by atoms with Gasteiger partial charge in [0.1, 0.15) is 0 Å². The Morgan fingerprint density at radius 1 is 1.41 bits per heavy atom. The summed E-state index contributed by atoms with van der Waals surface area (Å²) in [5.74, 6) is -0.548. The van der Waals surface area contributed by atoms with Crippen molar-refractivity contribution in [2.24, 2.45) is 0 Å². The lowest BCUT2D eigenvalue weighted by molar-refractivity contribution is 0.0518. The first-order valence-corrected chi connectivity index (χ1v) is 5.61. The van der Waals surface area contributed by atoms with Gasteiger partial charge in [-0.15, -0.1) is 10.2 Å². The van der Waals surface area contributed by atoms with E-state index in [4.69, 9.17) is 16.3 Å². The van der Waals surface area contributed by atoms with E-state index in [1.54, 1.807) is 6.92 Å². The summed E-state index contributed by atoms with van der Waals surface area (Å²) in [4.78, 5) is 11.6. The zero-order chi connectivity index (χ0) is 12.4. The first-order chi connectivity index (χ1) is 8.13. The van der Waals surface area contributed by atoms with Gasteiger partial charge in [0.25, 0.3) is 0 Å². The Hall–Kier alpha value is -1.68. The van der Waals surface area contributed by atoms with Gasteiger partial charge in [0.15, 0.2) is 5.69 Å². The number of aryl methyl sites for hydroxylation is 1. The summed E-state index contributed by atoms with van der Waals surface area (Å²) in [6.45, 7) is 3.95. The second-order valence-corrected chi connectivity index (χ2v) is 3.98. The summed E-state index contributed by atoms with van der Waals surface area (Å²) >= 11 is 6.14. The molecule has 0 bridgehead atoms. The number of hydrogen-bond acceptors (Lipinski definition) is 4. The Labute approximate surface area is 104 Å². The van der Waals surface area contributed by atoms with Gasteiger partial charge >= 0.3 is 5.97 Å². The third kappa shape index (κ3) is 2.22. The zero-order valence-corrected chi connectivity index (χ0v) is 10.3. The normalized spacial score (nSPS) is 10.5. The molecule has 0 aliphatic rings. The highest BCUT2D eigenvalue weighted by Crippen LogP contribution is 2.25. The van der Waals surface area contributed by atoms with Crippen molar-refractivity contribution < 1.29 is 9.53 Å². The monoisotopic (exact) mass is 250 g/mol. The third-order valence-corrected chi connectivity index (χ3v) is 2.71. The summed E-state index contributed by atoms with van der Waals surface area (Å²) < 4.78 is 4.86. The van der Waals surface area contributed by atoms with E-state index in [-0.39, 0.29) is 17.3 Å². The van der Waals surface area contributed by atoms with Crippen LogP contribution in [0.5, 0.6) is 0 Å². The Morgan fingerprint density at radius 3 is 2.88 bits per heavy atom. The number of ether oxygens (including phenoxy) is 1. The summed E-state index contributed by atoms with van der Waals surface area (Å²) in [5, 5.41) is 8.75. The number of fused-ring (bicyclic) bond motifs is 1. The molecule has 88 valence electrons. The van der Waals surface area contributed by atoms with E-state index in [9.17, 15) is 4.79 Å². The van der Waals surface area contributed by atoms with E-state index in [0.29, 0.717) is 10.9 Å². The number of carbonyl (C=O) groups excluding carboxylic acids is 1. The summed E-state index contributed by atoms with van der Waals surface area (Å²) in [6, 6.07) is 5.60. The molecular weight excluding hydrogens is 240 g/mol. The fourth-order valence-corrected chi connectivity index (χ4v) is 1.78. The largest absolute Gasteiger partial charge is 0.461 e. The molecule has 1 aromatic heterocycles. The number of nitrogens with zero attached hydrogens (tertiary/aromatic N) is 2. The smallest absolute Gasteiger partial charge is 0.360 e. The number of aromatic nitrogens is 2. The first kappa shape index (κ1) is 11.8. The van der Waals surface area contributed by atoms with E-state index >= 15 is 0 Å². The van der Waals surface area contributed by atoms with E-state index in [2.05, 4.69) is 10.2 Å². The van der Waals surface area contributed by atoms with Crippen LogP contribution in [-0.2, 0) is 4.74 Å². The molecule has 0 atom stereocenters. The minimum absolute atomic E-state index is 0.0617. The Bertz CT molecular complexity index is 584. The Morgan fingerprint density at radius 2 is 2.18 bits per heavy atom. The maximum Gasteiger partial charge on any atom is 0.360 e. The van der Waals surface area contributed by atoms with Crippen LogP contribution in [0.1, 0.15) is 23.0 Å². The van der Waals surface area contributed by atoms with Crippen LogP contribution < -0.4 is 0 Å². The molecule has 1 heterocycles. The topological polar surface area (TPSA) is 52.1 Å². The van der Waals surface area contributed by atoms with Crippen molar-refractivity contribution in [2.75, 3.05) is 6.61 Å². The first-order valence-electron chi connectivity index (χ1n) is 5.23. The van der Waals surface area contributed by atoms with Gasteiger partial charge in [0, 0.05) is 5.39 Å². The molecule has 0 amide bonds. The molecule has 0 aliphatic carbocycles. The highest BCUT2D eigenvalue weighted by atomic mass is 35.5. The van der Waals surface area contributed by atoms with Crippen molar-refractivity contribution in [1.82, 2.24) is 10.2 Å². The molecule has 2 rings (SSSR count). The van der Waals surface area contributed by atoms with Crippen LogP contribution in [0.2, 0.25) is 5.02 Å². The number of rotatable bonds is 2. The highest BCUT2D eigenvalue weighted by molar-refractivity contribution is 6.37. The lowest BCUT2D eigenvalue weighted by Gasteiger charge is -2.05. The second-order valence-electron chi connectivity index (χ2n) is 3.60. The molecule has 4 nitrogen and oxygen atoms in total. The lowest BCUT2D eigenvalue weighted by atomic mass is 10.1. The Kier molecular flexibility index (Phi) is 3.24. The molecule has 0 saturated heterocycles. The maximum atomic E-state index is 11.6. The van der Waals surface area contributed by atoms with Crippen LogP contribution in [-0.4, -0.2) is 22.8 Å². The number of carbonyl (C=O) groups is 1. The molecule has 0 spiro atoms. The third-order valence-electron chi connectivity index (χ3n) is 2.32. The van der Waals surface area contributed by atoms with Gasteiger partial charge in [-0.05, 0) is 26.0 Å². The van der Waals surface area contributed by atoms with Crippen molar-refractivity contribution in [3.8, 4) is 0 Å². The van der Waals surface area contributed by atoms with E-state index in [1.807, 2.05) is 25.1 Å². The van der Waals surface area contributed by atoms with Gasteiger partial charge in [-0.1, -0.05) is 23.2 Å². The molecule has 2 aromatic rings. The maximum absolute atomic E-state index is 11.6. The van der Waals surface area contributed by atoms with Crippen LogP contribution in [0.4, 0.5) is 0 Å². The van der Waals surface area contributed by atoms with Gasteiger partial charge in [-0.2, -0.15) is 0 Å². The van der Waals surface area contributed by atoms with Crippen molar-refractivity contribution in [3.63, 3.8) is 0 Å². The highest BCUT2D eigenvalue weighted by Gasteiger charge is 2.16. The van der Waals surface area contributed by atoms with Crippen molar-refractivity contribution >= 4 is 28.5 Å². The molecular formula is C12H11ClN2O2. The van der Waals surface area contributed by atoms with Crippen molar-refractivity contribution in [3.05, 3.63) is 34.5 Å². The number of esters is 1. The minimum atomic E-state index is -0.548. The molecule has 0 radical (unpaired) electrons. The standard InChI is InChI=1S/C12H11ClN2O2/c1-3-17-12(16)11-10(13)8-6-7(2)4-5-9(8)14-15-11/h4-6H,3H2,1-2H3. The molecule has 0 unspecified atom stereocenters. The van der Waals surface area contributed by atoms with Crippen molar-refractivity contribution in [1.29, 1.82) is 0 Å². The van der Waals surface area contributed by atoms with E-state index in [0.717, 1.165) is 5.56 Å². The van der Waals surface area contributed by atoms with Gasteiger partial charge in [0.05, 0.1) is 17.1 Å². The molecule has 0 aliphatic heterocycles. The van der Waals surface area contributed by atoms with Crippen LogP contribution in [0.15, 0.2) is 18.2 Å². The fraction of sp³-hybridized carbons (Fsp3) is 0.250. The summed E-state index contributed by atoms with van der Waals surface area (Å²) in [5.41, 5.74) is 1.77. The summed E-state index contributed by atoms with van der Waals surface area (Å²) in [6.07, 6.45) is 0. The molecule has 1 aromatic carbocycles. The number of benzene rings is 1. The van der Waals surface area contributed by atoms with Gasteiger partial charge < -0.3 is 4.74 Å². The molecule has 5 heteroatoms. The lowest BCUT2D eigenvalue weighted by Crippen LogP contribution is -2.09. The van der Waals surface area contributed by atoms with Crippen LogP contribution in [0.25, 0.3) is 10.9 Å². The van der Waals surface area contributed by atoms with E-state index < -0.39 is 5.97 Å². The van der Waals surface area contributed by atoms with Gasteiger partial charge in [-0.25, -0.2) is 4.79 Å². The predicted octanol–water partition coefficient (Wildman–Crippen LogP) is 2.77. The second kappa shape index (κ2) is 4.67. The zero-order valence-electron chi connectivity index (χ0n) is 9.53. The quantitative estimate of drug-likeness (QED) is 0.769. The molecule has 17 heavy (non-hydrogen) atoms. The van der Waals surface area contributed by atoms with Gasteiger partial charge in [0.2, 0.25) is 0 Å².